The van der Waals surface area contributed by atoms with Gasteiger partial charge in [-0.2, -0.15) is 13.2 Å². The fourth-order valence-electron chi connectivity index (χ4n) is 1.85. The van der Waals surface area contributed by atoms with Crippen LogP contribution in [0.3, 0.4) is 0 Å². The SMILES string of the molecule is CCCN(CCOCC(F)(F)F)Cc1ccc(N)cc1. The average Bonchev–Trinajstić information content (AvgIpc) is 2.36. The number of halogens is 3. The highest BCUT2D eigenvalue weighted by atomic mass is 19.4. The fraction of sp³-hybridized carbons (Fsp3) is 0.571. The number of nitrogens with two attached hydrogens (primary N) is 1. The Morgan fingerprint density at radius 2 is 1.80 bits per heavy atom. The van der Waals surface area contributed by atoms with Crippen molar-refractivity contribution in [1.82, 2.24) is 4.90 Å². The molecule has 2 N–H and O–H groups in total. The maximum absolute atomic E-state index is 12.0. The second kappa shape index (κ2) is 8.11. The van der Waals surface area contributed by atoms with Crippen molar-refractivity contribution in [1.29, 1.82) is 0 Å². The van der Waals surface area contributed by atoms with Gasteiger partial charge in [-0.25, -0.2) is 0 Å². The Balaban J connectivity index is 2.38. The molecule has 3 nitrogen and oxygen atoms in total. The van der Waals surface area contributed by atoms with E-state index in [1.165, 1.54) is 0 Å². The minimum Gasteiger partial charge on any atom is -0.399 e. The van der Waals surface area contributed by atoms with Gasteiger partial charge < -0.3 is 10.5 Å². The number of alkyl halides is 3. The van der Waals surface area contributed by atoms with Gasteiger partial charge in [0.1, 0.15) is 6.61 Å². The summed E-state index contributed by atoms with van der Waals surface area (Å²) in [6.45, 7) is 2.91. The van der Waals surface area contributed by atoms with E-state index in [2.05, 4.69) is 9.64 Å². The molecule has 6 heteroatoms. The zero-order chi connectivity index (χ0) is 15.0. The van der Waals surface area contributed by atoms with E-state index in [1.807, 2.05) is 31.2 Å². The largest absolute Gasteiger partial charge is 0.411 e. The molecular formula is C14H21F3N2O. The second-order valence-corrected chi connectivity index (χ2v) is 4.69. The van der Waals surface area contributed by atoms with E-state index >= 15 is 0 Å². The van der Waals surface area contributed by atoms with E-state index < -0.39 is 12.8 Å². The lowest BCUT2D eigenvalue weighted by molar-refractivity contribution is -0.174. The van der Waals surface area contributed by atoms with Crippen molar-refractivity contribution in [2.45, 2.75) is 26.1 Å². The number of ether oxygens (including phenoxy) is 1. The molecule has 0 aliphatic carbocycles. The van der Waals surface area contributed by atoms with Crippen molar-refractivity contribution in [2.75, 3.05) is 32.0 Å². The van der Waals surface area contributed by atoms with Crippen LogP contribution in [0.1, 0.15) is 18.9 Å². The quantitative estimate of drug-likeness (QED) is 0.591. The van der Waals surface area contributed by atoms with Crippen molar-refractivity contribution in [3.05, 3.63) is 29.8 Å². The monoisotopic (exact) mass is 290 g/mol. The lowest BCUT2D eigenvalue weighted by Crippen LogP contribution is -2.29. The molecule has 0 aromatic heterocycles. The number of hydrogen-bond acceptors (Lipinski definition) is 3. The minimum atomic E-state index is -4.26. The second-order valence-electron chi connectivity index (χ2n) is 4.69. The molecule has 1 aromatic carbocycles. The molecule has 0 amide bonds. The molecule has 0 radical (unpaired) electrons. The van der Waals surface area contributed by atoms with Crippen LogP contribution in [0.5, 0.6) is 0 Å². The Labute approximate surface area is 117 Å². The highest BCUT2D eigenvalue weighted by Crippen LogP contribution is 2.14. The van der Waals surface area contributed by atoms with Gasteiger partial charge in [-0.15, -0.1) is 0 Å². The third-order valence-corrected chi connectivity index (χ3v) is 2.74. The molecule has 114 valence electrons. The number of nitrogens with zero attached hydrogens (tertiary/aromatic N) is 1. The van der Waals surface area contributed by atoms with Gasteiger partial charge >= 0.3 is 6.18 Å². The molecular weight excluding hydrogens is 269 g/mol. The zero-order valence-corrected chi connectivity index (χ0v) is 11.6. The van der Waals surface area contributed by atoms with Crippen LogP contribution in [0.4, 0.5) is 18.9 Å². The van der Waals surface area contributed by atoms with Gasteiger partial charge in [0, 0.05) is 18.8 Å². The first-order chi connectivity index (χ1) is 9.40. The van der Waals surface area contributed by atoms with Gasteiger partial charge in [0.05, 0.1) is 6.61 Å². The third kappa shape index (κ3) is 7.35. The van der Waals surface area contributed by atoms with Gasteiger partial charge in [-0.1, -0.05) is 19.1 Å². The van der Waals surface area contributed by atoms with Crippen LogP contribution in [-0.4, -0.2) is 37.4 Å². The first-order valence-electron chi connectivity index (χ1n) is 6.62. The molecule has 20 heavy (non-hydrogen) atoms. The van der Waals surface area contributed by atoms with E-state index in [0.717, 1.165) is 18.5 Å². The summed E-state index contributed by atoms with van der Waals surface area (Å²) in [5.74, 6) is 0. The Morgan fingerprint density at radius 1 is 1.15 bits per heavy atom. The number of nitrogen functional groups attached to an aromatic ring is 1. The standard InChI is InChI=1S/C14H21F3N2O/c1-2-7-19(8-9-20-11-14(15,16)17)10-12-3-5-13(18)6-4-12/h3-6H,2,7-11,18H2,1H3. The average molecular weight is 290 g/mol. The number of rotatable bonds is 8. The molecule has 1 rings (SSSR count). The fourth-order valence-corrected chi connectivity index (χ4v) is 1.85. The topological polar surface area (TPSA) is 38.5 Å². The van der Waals surface area contributed by atoms with Gasteiger partial charge in [-0.3, -0.25) is 4.90 Å². The van der Waals surface area contributed by atoms with Crippen LogP contribution in [-0.2, 0) is 11.3 Å². The summed E-state index contributed by atoms with van der Waals surface area (Å²) in [6.07, 6.45) is -3.32. The summed E-state index contributed by atoms with van der Waals surface area (Å²) in [4.78, 5) is 2.07. The molecule has 0 unspecified atom stereocenters. The summed E-state index contributed by atoms with van der Waals surface area (Å²) in [6, 6.07) is 7.49. The van der Waals surface area contributed by atoms with Crippen LogP contribution < -0.4 is 5.73 Å². The molecule has 0 fully saturated rings. The maximum Gasteiger partial charge on any atom is 0.411 e. The Kier molecular flexibility index (Phi) is 6.81. The molecule has 0 atom stereocenters. The minimum absolute atomic E-state index is 0.0779. The molecule has 0 spiro atoms. The van der Waals surface area contributed by atoms with Gasteiger partial charge in [-0.05, 0) is 30.7 Å². The normalized spacial score (nSPS) is 12.1. The lowest BCUT2D eigenvalue weighted by Gasteiger charge is -2.22. The van der Waals surface area contributed by atoms with Crippen molar-refractivity contribution >= 4 is 5.69 Å². The third-order valence-electron chi connectivity index (χ3n) is 2.74. The highest BCUT2D eigenvalue weighted by molar-refractivity contribution is 5.39. The molecule has 0 saturated heterocycles. The Morgan fingerprint density at radius 3 is 2.35 bits per heavy atom. The Bertz CT molecular complexity index is 379. The van der Waals surface area contributed by atoms with Crippen LogP contribution in [0.15, 0.2) is 24.3 Å². The van der Waals surface area contributed by atoms with E-state index in [1.54, 1.807) is 0 Å². The predicted molar refractivity (Wildman–Crippen MR) is 73.3 cm³/mol. The van der Waals surface area contributed by atoms with Crippen LogP contribution in [0.25, 0.3) is 0 Å². The summed E-state index contributed by atoms with van der Waals surface area (Å²) < 4.78 is 40.5. The first kappa shape index (κ1) is 16.8. The summed E-state index contributed by atoms with van der Waals surface area (Å²) in [7, 11) is 0. The molecule has 0 aliphatic heterocycles. The predicted octanol–water partition coefficient (Wildman–Crippen LogP) is 3.06. The van der Waals surface area contributed by atoms with Gasteiger partial charge in [0.15, 0.2) is 0 Å². The summed E-state index contributed by atoms with van der Waals surface area (Å²) in [5.41, 5.74) is 7.40. The molecule has 0 aliphatic rings. The van der Waals surface area contributed by atoms with Crippen molar-refractivity contribution in [3.63, 3.8) is 0 Å². The summed E-state index contributed by atoms with van der Waals surface area (Å²) in [5, 5.41) is 0. The van der Waals surface area contributed by atoms with E-state index in [-0.39, 0.29) is 6.61 Å². The summed E-state index contributed by atoms with van der Waals surface area (Å²) >= 11 is 0. The zero-order valence-electron chi connectivity index (χ0n) is 11.6. The number of hydrogen-bond donors (Lipinski definition) is 1. The van der Waals surface area contributed by atoms with Crippen molar-refractivity contribution < 1.29 is 17.9 Å². The maximum atomic E-state index is 12.0. The van der Waals surface area contributed by atoms with Crippen LogP contribution in [0, 0.1) is 0 Å². The molecule has 1 aromatic rings. The van der Waals surface area contributed by atoms with Gasteiger partial charge in [0.2, 0.25) is 0 Å². The highest BCUT2D eigenvalue weighted by Gasteiger charge is 2.27. The lowest BCUT2D eigenvalue weighted by atomic mass is 10.2. The Hall–Kier alpha value is -1.27. The number of anilines is 1. The van der Waals surface area contributed by atoms with Crippen LogP contribution >= 0.6 is 0 Å². The van der Waals surface area contributed by atoms with Crippen molar-refractivity contribution in [3.8, 4) is 0 Å². The van der Waals surface area contributed by atoms with E-state index in [9.17, 15) is 13.2 Å². The molecule has 0 heterocycles. The smallest absolute Gasteiger partial charge is 0.399 e. The van der Waals surface area contributed by atoms with Crippen molar-refractivity contribution in [2.24, 2.45) is 0 Å². The molecule has 0 bridgehead atoms. The van der Waals surface area contributed by atoms with E-state index in [0.29, 0.717) is 18.8 Å². The number of benzene rings is 1. The van der Waals surface area contributed by atoms with Gasteiger partial charge in [0.25, 0.3) is 0 Å². The first-order valence-corrected chi connectivity index (χ1v) is 6.62. The van der Waals surface area contributed by atoms with Crippen LogP contribution in [0.2, 0.25) is 0 Å². The molecule has 0 saturated carbocycles. The van der Waals surface area contributed by atoms with E-state index in [4.69, 9.17) is 5.73 Å².